The molecule has 1 unspecified atom stereocenters. The van der Waals surface area contributed by atoms with Gasteiger partial charge in [-0.1, -0.05) is 70.5 Å². The van der Waals surface area contributed by atoms with Crippen LogP contribution in [0, 0.1) is 0 Å². The first kappa shape index (κ1) is 16.6. The lowest BCUT2D eigenvalue weighted by Crippen LogP contribution is -2.35. The van der Waals surface area contributed by atoms with E-state index in [-0.39, 0.29) is 6.04 Å². The van der Waals surface area contributed by atoms with Gasteiger partial charge in [-0.3, -0.25) is 0 Å². The van der Waals surface area contributed by atoms with Crippen LogP contribution < -0.4 is 5.32 Å². The summed E-state index contributed by atoms with van der Waals surface area (Å²) in [6.45, 7) is 0. The first-order valence-corrected chi connectivity index (χ1v) is 8.47. The van der Waals surface area contributed by atoms with Crippen molar-refractivity contribution in [1.29, 1.82) is 0 Å². The summed E-state index contributed by atoms with van der Waals surface area (Å²) in [5, 5.41) is 12.5. The molecular weight excluding hydrogens is 342 g/mol. The van der Waals surface area contributed by atoms with Crippen molar-refractivity contribution in [3.05, 3.63) is 71.3 Å². The van der Waals surface area contributed by atoms with Crippen LogP contribution in [0.1, 0.15) is 23.1 Å². The number of hydrogen-bond donors (Lipinski definition) is 2. The fourth-order valence-corrected chi connectivity index (χ4v) is 3.11. The molecule has 0 aliphatic carbocycles. The molecule has 2 rings (SSSR count). The molecule has 0 aliphatic heterocycles. The number of rotatable bonds is 7. The number of aryl methyl sites for hydroxylation is 1. The number of carbonyl (C=O) groups is 1. The van der Waals surface area contributed by atoms with Crippen molar-refractivity contribution >= 4 is 22.0 Å². The predicted molar refractivity (Wildman–Crippen MR) is 92.5 cm³/mol. The lowest BCUT2D eigenvalue weighted by Gasteiger charge is -2.18. The van der Waals surface area contributed by atoms with Gasteiger partial charge in [0.05, 0.1) is 0 Å². The van der Waals surface area contributed by atoms with Gasteiger partial charge in [0.25, 0.3) is 0 Å². The molecule has 3 nitrogen and oxygen atoms in total. The molecule has 4 heteroatoms. The molecule has 0 bridgehead atoms. The van der Waals surface area contributed by atoms with Crippen LogP contribution in [0.25, 0.3) is 0 Å². The van der Waals surface area contributed by atoms with Crippen molar-refractivity contribution in [2.75, 3.05) is 0 Å². The van der Waals surface area contributed by atoms with Gasteiger partial charge in [0, 0.05) is 11.4 Å². The molecule has 0 spiro atoms. The molecule has 1 amide bonds. The molecule has 2 aromatic rings. The Balaban J connectivity index is 2.02. The highest BCUT2D eigenvalue weighted by Gasteiger charge is 2.13. The molecule has 116 valence electrons. The summed E-state index contributed by atoms with van der Waals surface area (Å²) in [5.41, 5.74) is 3.68. The van der Waals surface area contributed by atoms with Gasteiger partial charge in [0.1, 0.15) is 0 Å². The first-order chi connectivity index (χ1) is 10.7. The number of halogens is 1. The number of amides is 1. The van der Waals surface area contributed by atoms with Crippen LogP contribution in [0.15, 0.2) is 54.6 Å². The zero-order valence-corrected chi connectivity index (χ0v) is 13.9. The molecule has 1 atom stereocenters. The molecule has 0 radical (unpaired) electrons. The van der Waals surface area contributed by atoms with Crippen molar-refractivity contribution < 1.29 is 9.90 Å². The molecule has 0 aliphatic rings. The SMILES string of the molecule is O=C(O)NC(CCc1ccccc1CBr)Cc1ccccc1. The lowest BCUT2D eigenvalue weighted by molar-refractivity contribution is 0.189. The van der Waals surface area contributed by atoms with Gasteiger partial charge in [-0.15, -0.1) is 0 Å². The monoisotopic (exact) mass is 361 g/mol. The molecule has 0 heterocycles. The third kappa shape index (κ3) is 5.19. The van der Waals surface area contributed by atoms with E-state index in [0.29, 0.717) is 6.42 Å². The maximum absolute atomic E-state index is 11.0. The van der Waals surface area contributed by atoms with E-state index in [2.05, 4.69) is 33.4 Å². The highest BCUT2D eigenvalue weighted by Crippen LogP contribution is 2.16. The van der Waals surface area contributed by atoms with Gasteiger partial charge in [0.2, 0.25) is 0 Å². The maximum atomic E-state index is 11.0. The second-order valence-corrected chi connectivity index (χ2v) is 5.84. The highest BCUT2D eigenvalue weighted by atomic mass is 79.9. The van der Waals surface area contributed by atoms with Crippen molar-refractivity contribution in [3.63, 3.8) is 0 Å². The van der Waals surface area contributed by atoms with Crippen LogP contribution >= 0.6 is 15.9 Å². The summed E-state index contributed by atoms with van der Waals surface area (Å²) < 4.78 is 0. The maximum Gasteiger partial charge on any atom is 0.404 e. The first-order valence-electron chi connectivity index (χ1n) is 7.35. The number of benzene rings is 2. The number of alkyl halides is 1. The second-order valence-electron chi connectivity index (χ2n) is 5.28. The Kier molecular flexibility index (Phi) is 6.46. The van der Waals surface area contributed by atoms with E-state index in [9.17, 15) is 4.79 Å². The summed E-state index contributed by atoms with van der Waals surface area (Å²) in [7, 11) is 0. The van der Waals surface area contributed by atoms with Crippen molar-refractivity contribution in [1.82, 2.24) is 5.32 Å². The third-order valence-electron chi connectivity index (χ3n) is 3.68. The third-order valence-corrected chi connectivity index (χ3v) is 4.28. The topological polar surface area (TPSA) is 49.3 Å². The Hall–Kier alpha value is -1.81. The Morgan fingerprint density at radius 1 is 1.05 bits per heavy atom. The average molecular weight is 362 g/mol. The molecular formula is C18H20BrNO2. The Bertz CT molecular complexity index is 601. The van der Waals surface area contributed by atoms with E-state index in [1.165, 1.54) is 11.1 Å². The minimum atomic E-state index is -0.963. The second kappa shape index (κ2) is 8.59. The molecule has 0 fully saturated rings. The lowest BCUT2D eigenvalue weighted by atomic mass is 9.97. The van der Waals surface area contributed by atoms with Gasteiger partial charge in [0.15, 0.2) is 0 Å². The van der Waals surface area contributed by atoms with Gasteiger partial charge in [-0.25, -0.2) is 4.79 Å². The highest BCUT2D eigenvalue weighted by molar-refractivity contribution is 9.08. The van der Waals surface area contributed by atoms with Crippen LogP contribution in [-0.4, -0.2) is 17.2 Å². The van der Waals surface area contributed by atoms with E-state index in [0.717, 1.165) is 23.7 Å². The van der Waals surface area contributed by atoms with Crippen LogP contribution in [0.4, 0.5) is 4.79 Å². The van der Waals surface area contributed by atoms with Crippen molar-refractivity contribution in [2.45, 2.75) is 30.6 Å². The zero-order valence-electron chi connectivity index (χ0n) is 12.3. The minimum Gasteiger partial charge on any atom is -0.465 e. The minimum absolute atomic E-state index is 0.0803. The van der Waals surface area contributed by atoms with Gasteiger partial charge in [-0.05, 0) is 36.0 Å². The van der Waals surface area contributed by atoms with E-state index in [1.54, 1.807) is 0 Å². The van der Waals surface area contributed by atoms with Crippen LogP contribution in [-0.2, 0) is 18.2 Å². The molecule has 22 heavy (non-hydrogen) atoms. The fraction of sp³-hybridized carbons (Fsp3) is 0.278. The number of carboxylic acid groups (broad SMARTS) is 1. The summed E-state index contributed by atoms with van der Waals surface area (Å²) in [4.78, 5) is 11.0. The number of nitrogens with one attached hydrogen (secondary N) is 1. The smallest absolute Gasteiger partial charge is 0.404 e. The molecule has 2 aromatic carbocycles. The van der Waals surface area contributed by atoms with Crippen molar-refractivity contribution in [2.24, 2.45) is 0 Å². The molecule has 0 saturated carbocycles. The van der Waals surface area contributed by atoms with Crippen LogP contribution in [0.5, 0.6) is 0 Å². The zero-order chi connectivity index (χ0) is 15.8. The molecule has 0 aromatic heterocycles. The molecule has 0 saturated heterocycles. The molecule has 2 N–H and O–H groups in total. The standard InChI is InChI=1S/C18H20BrNO2/c19-13-16-9-5-4-8-15(16)10-11-17(20-18(21)22)12-14-6-2-1-3-7-14/h1-9,17,20H,10-13H2,(H,21,22). The summed E-state index contributed by atoms with van der Waals surface area (Å²) >= 11 is 3.50. The Morgan fingerprint density at radius 2 is 1.68 bits per heavy atom. The van der Waals surface area contributed by atoms with E-state index >= 15 is 0 Å². The fourth-order valence-electron chi connectivity index (χ4n) is 2.56. The largest absolute Gasteiger partial charge is 0.465 e. The number of hydrogen-bond acceptors (Lipinski definition) is 1. The van der Waals surface area contributed by atoms with E-state index < -0.39 is 6.09 Å². The van der Waals surface area contributed by atoms with E-state index in [4.69, 9.17) is 5.11 Å². The van der Waals surface area contributed by atoms with E-state index in [1.807, 2.05) is 42.5 Å². The van der Waals surface area contributed by atoms with Gasteiger partial charge < -0.3 is 10.4 Å². The van der Waals surface area contributed by atoms with Crippen LogP contribution in [0.3, 0.4) is 0 Å². The summed E-state index contributed by atoms with van der Waals surface area (Å²) in [5.74, 6) is 0. The summed E-state index contributed by atoms with van der Waals surface area (Å²) in [6, 6.07) is 18.2. The summed E-state index contributed by atoms with van der Waals surface area (Å²) in [6.07, 6.45) is 1.39. The van der Waals surface area contributed by atoms with Gasteiger partial charge >= 0.3 is 6.09 Å². The van der Waals surface area contributed by atoms with Gasteiger partial charge in [-0.2, -0.15) is 0 Å². The Morgan fingerprint density at radius 3 is 2.32 bits per heavy atom. The Labute approximate surface area is 139 Å². The average Bonchev–Trinajstić information content (AvgIpc) is 2.53. The van der Waals surface area contributed by atoms with Crippen molar-refractivity contribution in [3.8, 4) is 0 Å². The predicted octanol–water partition coefficient (Wildman–Crippen LogP) is 4.39. The quantitative estimate of drug-likeness (QED) is 0.718. The van der Waals surface area contributed by atoms with Crippen LogP contribution in [0.2, 0.25) is 0 Å². The normalized spacial score (nSPS) is 11.9.